The maximum Gasteiger partial charge on any atom is 0.165 e. The molecule has 0 atom stereocenters. The van der Waals surface area contributed by atoms with Crippen LogP contribution >= 0.6 is 11.3 Å². The number of carbonyl (C=O) groups is 1. The summed E-state index contributed by atoms with van der Waals surface area (Å²) in [5, 5.41) is 1.82. The number of halogens is 1. The third-order valence-electron chi connectivity index (χ3n) is 2.22. The predicted molar refractivity (Wildman–Crippen MR) is 61.7 cm³/mol. The fourth-order valence-electron chi connectivity index (χ4n) is 1.41. The summed E-state index contributed by atoms with van der Waals surface area (Å²) in [5.74, 6) is -0.187. The summed E-state index contributed by atoms with van der Waals surface area (Å²) >= 11 is 1.34. The van der Waals surface area contributed by atoms with Gasteiger partial charge in [0.1, 0.15) is 0 Å². The highest BCUT2D eigenvalue weighted by atomic mass is 32.1. The number of carbonyl (C=O) groups excluding carboxylic acids is 1. The first-order valence-corrected chi connectivity index (χ1v) is 5.50. The summed E-state index contributed by atoms with van der Waals surface area (Å²) in [6, 6.07) is 6.47. The molecular weight excluding hydrogens is 227 g/mol. The number of ether oxygens (including phenoxy) is 1. The minimum Gasteiger partial charge on any atom is -0.494 e. The molecule has 1 aromatic heterocycles. The zero-order valence-corrected chi connectivity index (χ0v) is 9.38. The highest BCUT2D eigenvalue weighted by molar-refractivity contribution is 7.12. The summed E-state index contributed by atoms with van der Waals surface area (Å²) in [7, 11) is 1.42. The van der Waals surface area contributed by atoms with Crippen LogP contribution in [-0.4, -0.2) is 13.4 Å². The fraction of sp³-hybridized carbons (Fsp3) is 0.0833. The van der Waals surface area contributed by atoms with Crippen molar-refractivity contribution in [1.82, 2.24) is 0 Å². The number of methoxy groups -OCH3 is 1. The highest BCUT2D eigenvalue weighted by Crippen LogP contribution is 2.28. The number of hydrogen-bond donors (Lipinski definition) is 0. The van der Waals surface area contributed by atoms with Gasteiger partial charge in [0.15, 0.2) is 17.9 Å². The zero-order valence-electron chi connectivity index (χ0n) is 8.57. The van der Waals surface area contributed by atoms with E-state index < -0.39 is 5.82 Å². The van der Waals surface area contributed by atoms with Gasteiger partial charge in [-0.25, -0.2) is 4.39 Å². The molecular formula is C12H9FO2S. The molecule has 4 heteroatoms. The Morgan fingerprint density at radius 2 is 2.12 bits per heavy atom. The Hall–Kier alpha value is -1.68. The quantitative estimate of drug-likeness (QED) is 0.764. The standard InChI is InChI=1S/C12H9FO2S/c1-15-12-3-2-8(5-11(12)13)9-4-10(6-14)16-7-9/h2-7H,1H3. The molecule has 0 unspecified atom stereocenters. The maximum atomic E-state index is 13.4. The molecule has 0 spiro atoms. The Morgan fingerprint density at radius 1 is 1.31 bits per heavy atom. The van der Waals surface area contributed by atoms with Crippen molar-refractivity contribution in [3.63, 3.8) is 0 Å². The van der Waals surface area contributed by atoms with Gasteiger partial charge in [0.05, 0.1) is 12.0 Å². The first-order chi connectivity index (χ1) is 7.74. The Morgan fingerprint density at radius 3 is 2.69 bits per heavy atom. The second-order valence-corrected chi connectivity index (χ2v) is 4.15. The Labute approximate surface area is 96.3 Å². The number of benzene rings is 1. The van der Waals surface area contributed by atoms with Crippen molar-refractivity contribution in [3.8, 4) is 16.9 Å². The Bertz CT molecular complexity index is 519. The van der Waals surface area contributed by atoms with Crippen LogP contribution in [0.5, 0.6) is 5.75 Å². The molecule has 2 nitrogen and oxygen atoms in total. The van der Waals surface area contributed by atoms with E-state index in [1.165, 1.54) is 24.5 Å². The van der Waals surface area contributed by atoms with Crippen LogP contribution in [0.1, 0.15) is 9.67 Å². The van der Waals surface area contributed by atoms with E-state index in [4.69, 9.17) is 4.74 Å². The molecule has 0 N–H and O–H groups in total. The molecule has 1 aromatic carbocycles. The summed E-state index contributed by atoms with van der Waals surface area (Å²) in [4.78, 5) is 11.2. The van der Waals surface area contributed by atoms with Gasteiger partial charge in [0.2, 0.25) is 0 Å². The molecule has 0 aliphatic heterocycles. The van der Waals surface area contributed by atoms with Crippen molar-refractivity contribution in [1.29, 1.82) is 0 Å². The van der Waals surface area contributed by atoms with Crippen LogP contribution < -0.4 is 4.74 Å². The van der Waals surface area contributed by atoms with Gasteiger partial charge < -0.3 is 4.74 Å². The predicted octanol–water partition coefficient (Wildman–Crippen LogP) is 3.38. The third kappa shape index (κ3) is 1.97. The average Bonchev–Trinajstić information content (AvgIpc) is 2.77. The van der Waals surface area contributed by atoms with Crippen molar-refractivity contribution in [2.24, 2.45) is 0 Å². The average molecular weight is 236 g/mol. The minimum absolute atomic E-state index is 0.217. The van der Waals surface area contributed by atoms with Gasteiger partial charge in [-0.1, -0.05) is 6.07 Å². The van der Waals surface area contributed by atoms with Crippen LogP contribution in [-0.2, 0) is 0 Å². The lowest BCUT2D eigenvalue weighted by molar-refractivity contribution is 0.112. The summed E-state index contributed by atoms with van der Waals surface area (Å²) < 4.78 is 18.3. The minimum atomic E-state index is -0.404. The molecule has 0 saturated carbocycles. The molecule has 0 aliphatic carbocycles. The van der Waals surface area contributed by atoms with Gasteiger partial charge in [-0.3, -0.25) is 4.79 Å². The summed E-state index contributed by atoms with van der Waals surface area (Å²) in [5.41, 5.74) is 1.58. The summed E-state index contributed by atoms with van der Waals surface area (Å²) in [6.45, 7) is 0. The van der Waals surface area contributed by atoms with Crippen LogP contribution in [0.25, 0.3) is 11.1 Å². The fourth-order valence-corrected chi connectivity index (χ4v) is 2.13. The van der Waals surface area contributed by atoms with Gasteiger partial charge in [0.25, 0.3) is 0 Å². The third-order valence-corrected chi connectivity index (χ3v) is 3.08. The van der Waals surface area contributed by atoms with Crippen molar-refractivity contribution in [2.75, 3.05) is 7.11 Å². The Balaban J connectivity index is 2.40. The molecule has 82 valence electrons. The highest BCUT2D eigenvalue weighted by Gasteiger charge is 2.06. The molecule has 0 radical (unpaired) electrons. The summed E-state index contributed by atoms with van der Waals surface area (Å²) in [6.07, 6.45) is 0.786. The number of hydrogen-bond acceptors (Lipinski definition) is 3. The van der Waals surface area contributed by atoms with E-state index in [9.17, 15) is 9.18 Å². The lowest BCUT2D eigenvalue weighted by Gasteiger charge is -2.03. The lowest BCUT2D eigenvalue weighted by atomic mass is 10.1. The van der Waals surface area contributed by atoms with Crippen molar-refractivity contribution in [3.05, 3.63) is 40.3 Å². The van der Waals surface area contributed by atoms with Crippen LogP contribution in [0.4, 0.5) is 4.39 Å². The molecule has 2 rings (SSSR count). The SMILES string of the molecule is COc1ccc(-c2csc(C=O)c2)cc1F. The van der Waals surface area contributed by atoms with E-state index in [0.29, 0.717) is 4.88 Å². The zero-order chi connectivity index (χ0) is 11.5. The maximum absolute atomic E-state index is 13.4. The van der Waals surface area contributed by atoms with Crippen LogP contribution in [0, 0.1) is 5.82 Å². The smallest absolute Gasteiger partial charge is 0.165 e. The van der Waals surface area contributed by atoms with Crippen molar-refractivity contribution >= 4 is 17.6 Å². The van der Waals surface area contributed by atoms with Crippen molar-refractivity contribution < 1.29 is 13.9 Å². The van der Waals surface area contributed by atoms with E-state index in [1.807, 2.05) is 5.38 Å². The molecule has 0 bridgehead atoms. The monoisotopic (exact) mass is 236 g/mol. The second kappa shape index (κ2) is 4.45. The molecule has 16 heavy (non-hydrogen) atoms. The van der Waals surface area contributed by atoms with Gasteiger partial charge in [-0.15, -0.1) is 11.3 Å². The van der Waals surface area contributed by atoms with E-state index in [1.54, 1.807) is 18.2 Å². The topological polar surface area (TPSA) is 26.3 Å². The van der Waals surface area contributed by atoms with Gasteiger partial charge in [0, 0.05) is 0 Å². The van der Waals surface area contributed by atoms with Crippen LogP contribution in [0.2, 0.25) is 0 Å². The molecule has 1 heterocycles. The lowest BCUT2D eigenvalue weighted by Crippen LogP contribution is -1.87. The molecule has 2 aromatic rings. The largest absolute Gasteiger partial charge is 0.494 e. The second-order valence-electron chi connectivity index (χ2n) is 3.20. The number of rotatable bonds is 3. The van der Waals surface area contributed by atoms with E-state index in [2.05, 4.69) is 0 Å². The molecule has 0 amide bonds. The van der Waals surface area contributed by atoms with Gasteiger partial charge in [-0.2, -0.15) is 0 Å². The first kappa shape index (κ1) is 10.8. The normalized spacial score (nSPS) is 10.1. The van der Waals surface area contributed by atoms with Crippen LogP contribution in [0.3, 0.4) is 0 Å². The van der Waals surface area contributed by atoms with E-state index >= 15 is 0 Å². The van der Waals surface area contributed by atoms with Gasteiger partial charge in [-0.05, 0) is 34.7 Å². The Kier molecular flexibility index (Phi) is 3.01. The number of thiophene rings is 1. The van der Waals surface area contributed by atoms with E-state index in [-0.39, 0.29) is 5.75 Å². The first-order valence-electron chi connectivity index (χ1n) is 4.62. The van der Waals surface area contributed by atoms with E-state index in [0.717, 1.165) is 17.4 Å². The van der Waals surface area contributed by atoms with Gasteiger partial charge >= 0.3 is 0 Å². The van der Waals surface area contributed by atoms with Crippen molar-refractivity contribution in [2.45, 2.75) is 0 Å². The molecule has 0 aliphatic rings. The molecule has 0 saturated heterocycles. The number of aldehydes is 1. The molecule has 0 fully saturated rings. The van der Waals surface area contributed by atoms with Crippen LogP contribution in [0.15, 0.2) is 29.6 Å².